The number of carboxylic acids is 1. The molecule has 0 fully saturated rings. The van der Waals surface area contributed by atoms with Crippen LogP contribution in [0.2, 0.25) is 0 Å². The predicted octanol–water partition coefficient (Wildman–Crippen LogP) is 3.02. The Balaban J connectivity index is 2.35. The highest BCUT2D eigenvalue weighted by Gasteiger charge is 2.29. The number of carbonyl (C=O) groups is 3. The van der Waals surface area contributed by atoms with Gasteiger partial charge in [0.25, 0.3) is 0 Å². The van der Waals surface area contributed by atoms with E-state index in [0.29, 0.717) is 16.5 Å². The van der Waals surface area contributed by atoms with Gasteiger partial charge in [0, 0.05) is 16.5 Å². The minimum absolute atomic E-state index is 0.0693. The van der Waals surface area contributed by atoms with Gasteiger partial charge in [-0.3, -0.25) is 4.79 Å². The van der Waals surface area contributed by atoms with Crippen molar-refractivity contribution < 1.29 is 24.2 Å². The van der Waals surface area contributed by atoms with E-state index in [0.717, 1.165) is 35.8 Å². The van der Waals surface area contributed by atoms with Gasteiger partial charge in [0.05, 0.1) is 12.2 Å². The van der Waals surface area contributed by atoms with Crippen LogP contribution in [0.4, 0.5) is 5.00 Å². The maximum Gasteiger partial charge on any atom is 0.341 e. The molecule has 24 heavy (non-hydrogen) atoms. The molecule has 0 spiro atoms. The lowest BCUT2D eigenvalue weighted by Gasteiger charge is -2.18. The molecule has 0 saturated heterocycles. The zero-order valence-electron chi connectivity index (χ0n) is 14.0. The number of carbonyl (C=O) groups excluding carboxylic acids is 2. The molecule has 1 heterocycles. The monoisotopic (exact) mass is 351 g/mol. The Morgan fingerprint density at radius 3 is 2.75 bits per heavy atom. The molecular weight excluding hydrogens is 330 g/mol. The molecule has 1 amide bonds. The Labute approximate surface area is 144 Å². The van der Waals surface area contributed by atoms with E-state index in [4.69, 9.17) is 9.84 Å². The lowest BCUT2D eigenvalue weighted by atomic mass is 9.88. The molecule has 1 aliphatic rings. The molecule has 1 aromatic heterocycles. The first-order valence-corrected chi connectivity index (χ1v) is 8.69. The minimum Gasteiger partial charge on any atom is -0.478 e. The number of aliphatic carboxylic acids is 1. The minimum atomic E-state index is -1.16. The zero-order chi connectivity index (χ0) is 17.9. The largest absolute Gasteiger partial charge is 0.478 e. The number of carboxylic acid groups (broad SMARTS) is 1. The number of amides is 1. The lowest BCUT2D eigenvalue weighted by Crippen LogP contribution is -2.16. The summed E-state index contributed by atoms with van der Waals surface area (Å²) in [6.07, 6.45) is 3.65. The van der Waals surface area contributed by atoms with Gasteiger partial charge >= 0.3 is 11.9 Å². The Kier molecular flexibility index (Phi) is 5.77. The third-order valence-electron chi connectivity index (χ3n) is 3.91. The summed E-state index contributed by atoms with van der Waals surface area (Å²) in [6.45, 7) is 5.49. The van der Waals surface area contributed by atoms with E-state index in [2.05, 4.69) is 12.2 Å². The highest BCUT2D eigenvalue weighted by Crippen LogP contribution is 2.40. The highest BCUT2D eigenvalue weighted by molar-refractivity contribution is 7.17. The van der Waals surface area contributed by atoms with Crippen LogP contribution < -0.4 is 5.32 Å². The summed E-state index contributed by atoms with van der Waals surface area (Å²) in [5.74, 6) is -1.63. The summed E-state index contributed by atoms with van der Waals surface area (Å²) in [4.78, 5) is 36.3. The summed E-state index contributed by atoms with van der Waals surface area (Å²) in [6, 6.07) is 0. The molecule has 0 radical (unpaired) electrons. The highest BCUT2D eigenvalue weighted by atomic mass is 32.1. The average Bonchev–Trinajstić information content (AvgIpc) is 2.83. The molecule has 1 atom stereocenters. The lowest BCUT2D eigenvalue weighted by molar-refractivity contribution is -0.132. The van der Waals surface area contributed by atoms with E-state index in [1.807, 2.05) is 0 Å². The van der Waals surface area contributed by atoms with Crippen LogP contribution in [0.25, 0.3) is 0 Å². The number of esters is 1. The van der Waals surface area contributed by atoms with E-state index in [-0.39, 0.29) is 12.2 Å². The molecule has 1 aliphatic carbocycles. The first kappa shape index (κ1) is 18.2. The second-order valence-corrected chi connectivity index (χ2v) is 7.00. The van der Waals surface area contributed by atoms with Crippen molar-refractivity contribution in [2.45, 2.75) is 40.0 Å². The van der Waals surface area contributed by atoms with Gasteiger partial charge < -0.3 is 15.2 Å². The standard InChI is InChI=1S/C17H21NO5S/c1-4-23-17(22)14-11-6-5-9(2)7-12(11)24-15(14)18-13(19)8-10(3)16(20)21/h8-9H,4-7H2,1-3H3,(H,18,19)(H,20,21)/b10-8+/t9-/m0/s1. The number of fused-ring (bicyclic) bond motifs is 1. The van der Waals surface area contributed by atoms with E-state index < -0.39 is 17.8 Å². The van der Waals surface area contributed by atoms with Crippen LogP contribution in [0.5, 0.6) is 0 Å². The Morgan fingerprint density at radius 2 is 2.12 bits per heavy atom. The first-order chi connectivity index (χ1) is 11.3. The molecule has 1 aromatic rings. The third-order valence-corrected chi connectivity index (χ3v) is 5.08. The number of anilines is 1. The fraction of sp³-hybridized carbons (Fsp3) is 0.471. The van der Waals surface area contributed by atoms with Crippen molar-refractivity contribution in [1.29, 1.82) is 0 Å². The number of ether oxygens (including phenoxy) is 1. The van der Waals surface area contributed by atoms with Crippen LogP contribution >= 0.6 is 11.3 Å². The van der Waals surface area contributed by atoms with Gasteiger partial charge in [-0.25, -0.2) is 9.59 Å². The maximum absolute atomic E-state index is 12.3. The van der Waals surface area contributed by atoms with Crippen LogP contribution in [-0.2, 0) is 27.2 Å². The topological polar surface area (TPSA) is 92.7 Å². The fourth-order valence-electron chi connectivity index (χ4n) is 2.66. The van der Waals surface area contributed by atoms with Gasteiger partial charge in [0.1, 0.15) is 5.00 Å². The number of rotatable bonds is 5. The van der Waals surface area contributed by atoms with Gasteiger partial charge in [0.2, 0.25) is 5.91 Å². The van der Waals surface area contributed by atoms with Gasteiger partial charge in [-0.15, -0.1) is 11.3 Å². The van der Waals surface area contributed by atoms with Crippen molar-refractivity contribution in [2.24, 2.45) is 5.92 Å². The van der Waals surface area contributed by atoms with Crippen LogP contribution in [0.1, 0.15) is 48.0 Å². The van der Waals surface area contributed by atoms with Crippen LogP contribution in [0, 0.1) is 5.92 Å². The molecule has 130 valence electrons. The van der Waals surface area contributed by atoms with Crippen LogP contribution in [0.15, 0.2) is 11.6 Å². The average molecular weight is 351 g/mol. The summed E-state index contributed by atoms with van der Waals surface area (Å²) >= 11 is 1.37. The normalized spacial score (nSPS) is 17.1. The number of nitrogens with one attached hydrogen (secondary N) is 1. The third kappa shape index (κ3) is 4.03. The molecule has 2 N–H and O–H groups in total. The molecule has 6 nitrogen and oxygen atoms in total. The predicted molar refractivity (Wildman–Crippen MR) is 91.5 cm³/mol. The van der Waals surface area contributed by atoms with Gasteiger partial charge in [-0.05, 0) is 44.6 Å². The second-order valence-electron chi connectivity index (χ2n) is 5.90. The number of thiophene rings is 1. The summed E-state index contributed by atoms with van der Waals surface area (Å²) in [5.41, 5.74) is 1.30. The van der Waals surface area contributed by atoms with Crippen molar-refractivity contribution in [3.63, 3.8) is 0 Å². The summed E-state index contributed by atoms with van der Waals surface area (Å²) < 4.78 is 5.13. The van der Waals surface area contributed by atoms with E-state index in [9.17, 15) is 14.4 Å². The fourth-order valence-corrected chi connectivity index (χ4v) is 4.07. The van der Waals surface area contributed by atoms with E-state index >= 15 is 0 Å². The van der Waals surface area contributed by atoms with Crippen molar-refractivity contribution in [2.75, 3.05) is 11.9 Å². The van der Waals surface area contributed by atoms with E-state index in [1.165, 1.54) is 18.3 Å². The molecular formula is C17H21NO5S. The van der Waals surface area contributed by atoms with Crippen molar-refractivity contribution in [3.05, 3.63) is 27.7 Å². The molecule has 0 bridgehead atoms. The first-order valence-electron chi connectivity index (χ1n) is 7.87. The van der Waals surface area contributed by atoms with Gasteiger partial charge in [0.15, 0.2) is 0 Å². The molecule has 0 aliphatic heterocycles. The van der Waals surface area contributed by atoms with Gasteiger partial charge in [-0.2, -0.15) is 0 Å². The molecule has 0 unspecified atom stereocenters. The molecule has 0 saturated carbocycles. The molecule has 7 heteroatoms. The van der Waals surface area contributed by atoms with Crippen molar-refractivity contribution in [3.8, 4) is 0 Å². The number of hydrogen-bond donors (Lipinski definition) is 2. The molecule has 2 rings (SSSR count). The summed E-state index contributed by atoms with van der Waals surface area (Å²) in [5, 5.41) is 11.9. The quantitative estimate of drug-likeness (QED) is 0.628. The second kappa shape index (κ2) is 7.61. The van der Waals surface area contributed by atoms with Crippen LogP contribution in [-0.4, -0.2) is 29.6 Å². The molecule has 0 aromatic carbocycles. The number of hydrogen-bond acceptors (Lipinski definition) is 5. The smallest absolute Gasteiger partial charge is 0.341 e. The Hall–Kier alpha value is -2.15. The van der Waals surface area contributed by atoms with Crippen LogP contribution in [0.3, 0.4) is 0 Å². The maximum atomic E-state index is 12.3. The van der Waals surface area contributed by atoms with Crippen molar-refractivity contribution in [1.82, 2.24) is 0 Å². The van der Waals surface area contributed by atoms with E-state index in [1.54, 1.807) is 6.92 Å². The van der Waals surface area contributed by atoms with Gasteiger partial charge in [-0.1, -0.05) is 6.92 Å². The SMILES string of the molecule is CCOC(=O)c1c(NC(=O)/C=C(\C)C(=O)O)sc2c1CC[C@H](C)C2. The Bertz CT molecular complexity index is 704. The summed E-state index contributed by atoms with van der Waals surface area (Å²) in [7, 11) is 0. The van der Waals surface area contributed by atoms with Crippen molar-refractivity contribution >= 4 is 34.2 Å². The zero-order valence-corrected chi connectivity index (χ0v) is 14.8. The Morgan fingerprint density at radius 1 is 1.42 bits per heavy atom.